The zero-order valence-corrected chi connectivity index (χ0v) is 14.4. The van der Waals surface area contributed by atoms with Gasteiger partial charge in [0.15, 0.2) is 0 Å². The highest BCUT2D eigenvalue weighted by atomic mass is 14.9. The Balaban J connectivity index is 1.95. The number of pyridine rings is 2. The number of aryl methyl sites for hydroxylation is 3. The molecule has 0 bridgehead atoms. The van der Waals surface area contributed by atoms with E-state index < -0.39 is 0 Å². The van der Waals surface area contributed by atoms with Crippen molar-refractivity contribution in [3.63, 3.8) is 0 Å². The highest BCUT2D eigenvalue weighted by molar-refractivity contribution is 6.20. The second kappa shape index (κ2) is 5.73. The number of nitrogens with zero attached hydrogens (tertiary/aromatic N) is 4. The summed E-state index contributed by atoms with van der Waals surface area (Å²) in [5, 5.41) is 2.13. The summed E-state index contributed by atoms with van der Waals surface area (Å²) in [5.41, 5.74) is 7.30. The van der Waals surface area contributed by atoms with Crippen LogP contribution in [0.25, 0.3) is 32.8 Å². The largest absolute Gasteiger partial charge is 0.254 e. The minimum atomic E-state index is 0.938. The Morgan fingerprint density at radius 1 is 0.800 bits per heavy atom. The number of hydrogen-bond acceptors (Lipinski definition) is 4. The van der Waals surface area contributed by atoms with Crippen LogP contribution in [0.4, 0.5) is 0 Å². The van der Waals surface area contributed by atoms with E-state index in [1.54, 1.807) is 0 Å². The van der Waals surface area contributed by atoms with Gasteiger partial charge in [0.05, 0.1) is 33.5 Å². The van der Waals surface area contributed by atoms with Crippen molar-refractivity contribution in [3.8, 4) is 0 Å². The molecule has 0 radical (unpaired) electrons. The summed E-state index contributed by atoms with van der Waals surface area (Å²) in [6.45, 7) is 2.18. The van der Waals surface area contributed by atoms with Gasteiger partial charge >= 0.3 is 0 Å². The average molecular weight is 328 g/mol. The topological polar surface area (TPSA) is 51.6 Å². The third-order valence-electron chi connectivity index (χ3n) is 5.13. The maximum Gasteiger partial charge on any atom is 0.0992 e. The molecule has 0 saturated heterocycles. The Morgan fingerprint density at radius 2 is 1.48 bits per heavy atom. The first-order chi connectivity index (χ1) is 12.3. The molecule has 3 heterocycles. The molecule has 1 aliphatic rings. The lowest BCUT2D eigenvalue weighted by Gasteiger charge is -2.16. The van der Waals surface area contributed by atoms with Gasteiger partial charge < -0.3 is 0 Å². The minimum Gasteiger partial charge on any atom is -0.254 e. The van der Waals surface area contributed by atoms with Gasteiger partial charge in [0.1, 0.15) is 0 Å². The zero-order valence-electron chi connectivity index (χ0n) is 14.4. The second-order valence-electron chi connectivity index (χ2n) is 6.87. The van der Waals surface area contributed by atoms with Crippen molar-refractivity contribution in [1.82, 2.24) is 19.9 Å². The first-order valence-corrected chi connectivity index (χ1v) is 9.21. The Labute approximate surface area is 146 Å². The highest BCUT2D eigenvalue weighted by Crippen LogP contribution is 2.33. The molecule has 1 aromatic carbocycles. The Bertz CT molecular complexity index is 1120. The van der Waals surface area contributed by atoms with E-state index in [0.717, 1.165) is 64.2 Å². The molecule has 0 atom stereocenters. The van der Waals surface area contributed by atoms with Gasteiger partial charge in [0.25, 0.3) is 0 Å². The van der Waals surface area contributed by atoms with Crippen LogP contribution >= 0.6 is 0 Å². The highest BCUT2D eigenvalue weighted by Gasteiger charge is 2.18. The lowest BCUT2D eigenvalue weighted by Crippen LogP contribution is -2.09. The summed E-state index contributed by atoms with van der Waals surface area (Å²) in [4.78, 5) is 19.6. The molecular weight excluding hydrogens is 308 g/mol. The van der Waals surface area contributed by atoms with Crippen molar-refractivity contribution in [2.45, 2.75) is 45.4 Å². The molecule has 5 rings (SSSR count). The molecule has 0 unspecified atom stereocenters. The molecule has 0 N–H and O–H groups in total. The molecule has 4 heteroatoms. The predicted octanol–water partition coefficient (Wildman–Crippen LogP) is 4.56. The van der Waals surface area contributed by atoms with Crippen molar-refractivity contribution in [1.29, 1.82) is 0 Å². The molecule has 124 valence electrons. The molecule has 4 aromatic rings. The second-order valence-corrected chi connectivity index (χ2v) is 6.87. The maximum atomic E-state index is 5.04. The Hall–Kier alpha value is -2.62. The molecular formula is C21H20N4. The van der Waals surface area contributed by atoms with Crippen LogP contribution < -0.4 is 0 Å². The van der Waals surface area contributed by atoms with Gasteiger partial charge in [-0.25, -0.2) is 9.97 Å². The Kier molecular flexibility index (Phi) is 3.37. The van der Waals surface area contributed by atoms with E-state index in [4.69, 9.17) is 15.0 Å². The van der Waals surface area contributed by atoms with Crippen LogP contribution in [0.1, 0.15) is 43.3 Å². The Morgan fingerprint density at radius 3 is 2.20 bits per heavy atom. The molecule has 3 aromatic heterocycles. The quantitative estimate of drug-likeness (QED) is 0.506. The van der Waals surface area contributed by atoms with Crippen LogP contribution in [0.2, 0.25) is 0 Å². The van der Waals surface area contributed by atoms with Crippen LogP contribution in [0.5, 0.6) is 0 Å². The minimum absolute atomic E-state index is 0.938. The molecule has 0 amide bonds. The molecule has 0 saturated carbocycles. The number of aromatic nitrogens is 4. The van der Waals surface area contributed by atoms with Gasteiger partial charge in [0, 0.05) is 22.7 Å². The van der Waals surface area contributed by atoms with Crippen molar-refractivity contribution in [2.75, 3.05) is 0 Å². The third kappa shape index (κ3) is 2.28. The van der Waals surface area contributed by atoms with Gasteiger partial charge in [0.2, 0.25) is 0 Å². The van der Waals surface area contributed by atoms with Gasteiger partial charge in [-0.1, -0.05) is 13.3 Å². The third-order valence-corrected chi connectivity index (χ3v) is 5.13. The first kappa shape index (κ1) is 14.7. The molecule has 0 spiro atoms. The lowest BCUT2D eigenvalue weighted by atomic mass is 9.99. The fourth-order valence-corrected chi connectivity index (χ4v) is 3.92. The van der Waals surface area contributed by atoms with E-state index >= 15 is 0 Å². The number of rotatable bonds is 2. The van der Waals surface area contributed by atoms with E-state index in [9.17, 15) is 0 Å². The van der Waals surface area contributed by atoms with Crippen LogP contribution in [-0.2, 0) is 19.3 Å². The summed E-state index contributed by atoms with van der Waals surface area (Å²) in [6.07, 6.45) is 8.40. The summed E-state index contributed by atoms with van der Waals surface area (Å²) in [6, 6.07) is 8.36. The monoisotopic (exact) mass is 328 g/mol. The number of hydrogen-bond donors (Lipinski definition) is 0. The van der Waals surface area contributed by atoms with Crippen LogP contribution in [-0.4, -0.2) is 19.9 Å². The average Bonchev–Trinajstić information content (AvgIpc) is 2.67. The normalized spacial score (nSPS) is 14.3. The summed E-state index contributed by atoms with van der Waals surface area (Å²) >= 11 is 0. The predicted molar refractivity (Wildman–Crippen MR) is 101 cm³/mol. The first-order valence-electron chi connectivity index (χ1n) is 9.21. The molecule has 0 aliphatic heterocycles. The fourth-order valence-electron chi connectivity index (χ4n) is 3.92. The molecule has 0 fully saturated rings. The van der Waals surface area contributed by atoms with Crippen molar-refractivity contribution < 1.29 is 0 Å². The van der Waals surface area contributed by atoms with Crippen molar-refractivity contribution in [3.05, 3.63) is 47.5 Å². The molecule has 4 nitrogen and oxygen atoms in total. The lowest BCUT2D eigenvalue weighted by molar-refractivity contribution is 0.655. The summed E-state index contributed by atoms with van der Waals surface area (Å²) in [5.74, 6) is 0. The number of benzene rings is 1. The smallest absolute Gasteiger partial charge is 0.0992 e. The van der Waals surface area contributed by atoms with E-state index in [0.29, 0.717) is 0 Å². The van der Waals surface area contributed by atoms with E-state index in [1.165, 1.54) is 24.2 Å². The zero-order chi connectivity index (χ0) is 16.8. The van der Waals surface area contributed by atoms with Crippen LogP contribution in [0.3, 0.4) is 0 Å². The van der Waals surface area contributed by atoms with Gasteiger partial charge in [-0.2, -0.15) is 0 Å². The molecule has 1 aliphatic carbocycles. The van der Waals surface area contributed by atoms with E-state index in [1.807, 2.05) is 12.3 Å². The van der Waals surface area contributed by atoms with E-state index in [2.05, 4.69) is 30.1 Å². The van der Waals surface area contributed by atoms with Gasteiger partial charge in [-0.15, -0.1) is 0 Å². The van der Waals surface area contributed by atoms with Crippen molar-refractivity contribution >= 4 is 32.8 Å². The fraction of sp³-hybridized carbons (Fsp3) is 0.333. The number of fused-ring (bicyclic) bond motifs is 7. The summed E-state index contributed by atoms with van der Waals surface area (Å²) in [7, 11) is 0. The SMILES string of the molecule is CCCc1ccc2c(n1)c1ncccc1c1nc3c(nc21)CCCC3. The van der Waals surface area contributed by atoms with Gasteiger partial charge in [-0.3, -0.25) is 9.97 Å². The van der Waals surface area contributed by atoms with Crippen molar-refractivity contribution in [2.24, 2.45) is 0 Å². The van der Waals surface area contributed by atoms with Crippen LogP contribution in [0, 0.1) is 0 Å². The molecule has 25 heavy (non-hydrogen) atoms. The van der Waals surface area contributed by atoms with Gasteiger partial charge in [-0.05, 0) is 56.4 Å². The standard InChI is InChI=1S/C21H20N4/c1-2-6-13-10-11-15-19(23-13)18-14(7-5-12-22-18)20-21(15)25-17-9-4-3-8-16(17)24-20/h5,7,10-12H,2-4,6,8-9H2,1H3. The summed E-state index contributed by atoms with van der Waals surface area (Å²) < 4.78 is 0. The van der Waals surface area contributed by atoms with E-state index in [-0.39, 0.29) is 0 Å². The maximum absolute atomic E-state index is 5.04. The van der Waals surface area contributed by atoms with Crippen LogP contribution in [0.15, 0.2) is 30.5 Å².